The van der Waals surface area contributed by atoms with Crippen LogP contribution in [0.15, 0.2) is 94.7 Å². The molecule has 0 bridgehead atoms. The lowest BCUT2D eigenvalue weighted by molar-refractivity contribution is -0.126. The van der Waals surface area contributed by atoms with Crippen molar-refractivity contribution in [3.8, 4) is 6.07 Å². The van der Waals surface area contributed by atoms with Crippen LogP contribution < -0.4 is 5.32 Å². The number of hydrogen-bond donors (Lipinski definition) is 1. The molecule has 1 aliphatic rings. The van der Waals surface area contributed by atoms with E-state index in [0.29, 0.717) is 0 Å². The summed E-state index contributed by atoms with van der Waals surface area (Å²) in [4.78, 5) is 15.3. The molecule has 9 nitrogen and oxygen atoms in total. The summed E-state index contributed by atoms with van der Waals surface area (Å²) in [6.07, 6.45) is 0. The molecule has 1 fully saturated rings. The van der Waals surface area contributed by atoms with Crippen LogP contribution in [0, 0.1) is 11.3 Å². The van der Waals surface area contributed by atoms with Crippen molar-refractivity contribution < 1.29 is 21.6 Å². The molecule has 1 aliphatic heterocycles. The van der Waals surface area contributed by atoms with Crippen LogP contribution in [0.1, 0.15) is 11.1 Å². The standard InChI is InChI=1S/C27H28N4O5S2/c28-19-23-10-7-13-25(18-23)38(35,36)31-15-14-30(16-17-37(33,34)24-11-5-2-6-12-24)21-26(31)27(32)29-20-22-8-3-1-4-9-22/h1-13,18,26H,14-17,20-21H2,(H,29,32). The number of benzene rings is 3. The first kappa shape index (κ1) is 27.5. The van der Waals surface area contributed by atoms with Crippen LogP contribution in [0.3, 0.4) is 0 Å². The van der Waals surface area contributed by atoms with E-state index in [1.165, 1.54) is 36.4 Å². The molecule has 11 heteroatoms. The van der Waals surface area contributed by atoms with E-state index in [2.05, 4.69) is 5.32 Å². The minimum Gasteiger partial charge on any atom is -0.351 e. The van der Waals surface area contributed by atoms with Crippen molar-refractivity contribution in [2.45, 2.75) is 22.4 Å². The number of sulfone groups is 1. The van der Waals surface area contributed by atoms with Gasteiger partial charge in [0.1, 0.15) is 6.04 Å². The van der Waals surface area contributed by atoms with Gasteiger partial charge in [0, 0.05) is 32.7 Å². The lowest BCUT2D eigenvalue weighted by Crippen LogP contribution is -2.60. The maximum atomic E-state index is 13.6. The number of sulfonamides is 1. The van der Waals surface area contributed by atoms with Gasteiger partial charge in [-0.2, -0.15) is 9.57 Å². The van der Waals surface area contributed by atoms with Crippen molar-refractivity contribution in [1.29, 1.82) is 5.26 Å². The maximum Gasteiger partial charge on any atom is 0.243 e. The van der Waals surface area contributed by atoms with Gasteiger partial charge >= 0.3 is 0 Å². The highest BCUT2D eigenvalue weighted by molar-refractivity contribution is 7.91. The molecule has 1 atom stereocenters. The van der Waals surface area contributed by atoms with E-state index in [0.717, 1.165) is 9.87 Å². The van der Waals surface area contributed by atoms with Crippen molar-refractivity contribution >= 4 is 25.8 Å². The third kappa shape index (κ3) is 6.46. The molecule has 0 radical (unpaired) electrons. The first-order valence-corrected chi connectivity index (χ1v) is 15.1. The molecule has 1 saturated heterocycles. The molecule has 1 unspecified atom stereocenters. The minimum atomic E-state index is -4.11. The monoisotopic (exact) mass is 552 g/mol. The molecule has 0 aromatic heterocycles. The Morgan fingerprint density at radius 3 is 2.24 bits per heavy atom. The molecule has 0 aliphatic carbocycles. The normalized spacial score (nSPS) is 17.0. The Kier molecular flexibility index (Phi) is 8.58. The SMILES string of the molecule is N#Cc1cccc(S(=O)(=O)N2CCN(CCS(=O)(=O)c3ccccc3)CC2C(=O)NCc2ccccc2)c1. The van der Waals surface area contributed by atoms with E-state index in [4.69, 9.17) is 0 Å². The third-order valence-corrected chi connectivity index (χ3v) is 9.99. The summed E-state index contributed by atoms with van der Waals surface area (Å²) < 4.78 is 53.9. The number of hydrogen-bond acceptors (Lipinski definition) is 7. The Bertz CT molecular complexity index is 1520. The molecule has 0 spiro atoms. The first-order valence-electron chi connectivity index (χ1n) is 12.0. The second-order valence-electron chi connectivity index (χ2n) is 8.91. The Morgan fingerprint density at radius 1 is 0.895 bits per heavy atom. The summed E-state index contributed by atoms with van der Waals surface area (Å²) >= 11 is 0. The number of rotatable bonds is 9. The number of nitriles is 1. The average Bonchev–Trinajstić information content (AvgIpc) is 2.95. The summed E-state index contributed by atoms with van der Waals surface area (Å²) in [5.74, 6) is -0.642. The molecular weight excluding hydrogens is 524 g/mol. The molecule has 38 heavy (non-hydrogen) atoms. The second-order valence-corrected chi connectivity index (χ2v) is 12.9. The highest BCUT2D eigenvalue weighted by Crippen LogP contribution is 2.23. The molecule has 1 heterocycles. The van der Waals surface area contributed by atoms with E-state index >= 15 is 0 Å². The minimum absolute atomic E-state index is 0.00603. The van der Waals surface area contributed by atoms with E-state index in [1.54, 1.807) is 23.1 Å². The molecule has 4 rings (SSSR count). The summed E-state index contributed by atoms with van der Waals surface area (Å²) in [5, 5.41) is 12.0. The van der Waals surface area contributed by atoms with Crippen molar-refractivity contribution in [3.63, 3.8) is 0 Å². The lowest BCUT2D eigenvalue weighted by Gasteiger charge is -2.39. The summed E-state index contributed by atoms with van der Waals surface area (Å²) in [6, 6.07) is 23.9. The predicted molar refractivity (Wildman–Crippen MR) is 142 cm³/mol. The lowest BCUT2D eigenvalue weighted by atomic mass is 10.1. The Balaban J connectivity index is 1.54. The fourth-order valence-electron chi connectivity index (χ4n) is 4.29. The second kappa shape index (κ2) is 11.9. The van der Waals surface area contributed by atoms with E-state index in [-0.39, 0.29) is 53.8 Å². The average molecular weight is 553 g/mol. The molecule has 198 valence electrons. The van der Waals surface area contributed by atoms with E-state index in [9.17, 15) is 26.9 Å². The van der Waals surface area contributed by atoms with Gasteiger partial charge in [0.15, 0.2) is 9.84 Å². The van der Waals surface area contributed by atoms with Crippen molar-refractivity contribution in [3.05, 3.63) is 96.1 Å². The quantitative estimate of drug-likeness (QED) is 0.430. The van der Waals surface area contributed by atoms with E-state index < -0.39 is 31.8 Å². The number of carbonyl (C=O) groups excluding carboxylic acids is 1. The number of carbonyl (C=O) groups is 1. The number of piperazine rings is 1. The number of amides is 1. The number of nitrogens with zero attached hydrogens (tertiary/aromatic N) is 3. The van der Waals surface area contributed by atoms with Gasteiger partial charge in [0.25, 0.3) is 0 Å². The molecule has 1 amide bonds. The molecule has 0 saturated carbocycles. The van der Waals surface area contributed by atoms with Crippen molar-refractivity contribution in [2.24, 2.45) is 0 Å². The maximum absolute atomic E-state index is 13.6. The van der Waals surface area contributed by atoms with Gasteiger partial charge in [-0.25, -0.2) is 16.8 Å². The van der Waals surface area contributed by atoms with Gasteiger partial charge in [-0.15, -0.1) is 0 Å². The zero-order valence-electron chi connectivity index (χ0n) is 20.6. The smallest absolute Gasteiger partial charge is 0.243 e. The van der Waals surface area contributed by atoms with Crippen molar-refractivity contribution in [1.82, 2.24) is 14.5 Å². The zero-order chi connectivity index (χ0) is 27.2. The van der Waals surface area contributed by atoms with Crippen LogP contribution in [-0.4, -0.2) is 69.9 Å². The van der Waals surface area contributed by atoms with Crippen LogP contribution in [0.2, 0.25) is 0 Å². The fourth-order valence-corrected chi connectivity index (χ4v) is 7.21. The van der Waals surface area contributed by atoms with Gasteiger partial charge in [-0.1, -0.05) is 54.6 Å². The Labute approximate surface area is 223 Å². The Hall–Kier alpha value is -3.56. The van der Waals surface area contributed by atoms with Crippen molar-refractivity contribution in [2.75, 3.05) is 31.9 Å². The van der Waals surface area contributed by atoms with Crippen LogP contribution in [0.4, 0.5) is 0 Å². The van der Waals surface area contributed by atoms with Crippen LogP contribution in [0.25, 0.3) is 0 Å². The fraction of sp³-hybridized carbons (Fsp3) is 0.259. The topological polar surface area (TPSA) is 128 Å². The molecular formula is C27H28N4O5S2. The van der Waals surface area contributed by atoms with Gasteiger partial charge in [0.05, 0.1) is 27.2 Å². The van der Waals surface area contributed by atoms with Crippen LogP contribution in [0.5, 0.6) is 0 Å². The predicted octanol–water partition coefficient (Wildman–Crippen LogP) is 2.02. The summed E-state index contributed by atoms with van der Waals surface area (Å²) in [7, 11) is -7.65. The number of nitrogens with one attached hydrogen (secondary N) is 1. The highest BCUT2D eigenvalue weighted by Gasteiger charge is 2.40. The highest BCUT2D eigenvalue weighted by atomic mass is 32.2. The first-order chi connectivity index (χ1) is 18.2. The summed E-state index contributed by atoms with van der Waals surface area (Å²) in [5.41, 5.74) is 1.06. The Morgan fingerprint density at radius 2 is 1.55 bits per heavy atom. The largest absolute Gasteiger partial charge is 0.351 e. The third-order valence-electron chi connectivity index (χ3n) is 6.38. The van der Waals surface area contributed by atoms with Gasteiger partial charge in [-0.3, -0.25) is 9.69 Å². The summed E-state index contributed by atoms with van der Waals surface area (Å²) in [6.45, 7) is 0.647. The van der Waals surface area contributed by atoms with Crippen LogP contribution >= 0.6 is 0 Å². The van der Waals surface area contributed by atoms with Gasteiger partial charge in [0.2, 0.25) is 15.9 Å². The molecule has 1 N–H and O–H groups in total. The molecule has 3 aromatic carbocycles. The van der Waals surface area contributed by atoms with Crippen LogP contribution in [-0.2, 0) is 31.2 Å². The zero-order valence-corrected chi connectivity index (χ0v) is 22.2. The van der Waals surface area contributed by atoms with Gasteiger partial charge in [-0.05, 0) is 35.9 Å². The molecule has 3 aromatic rings. The van der Waals surface area contributed by atoms with Gasteiger partial charge < -0.3 is 5.32 Å². The van der Waals surface area contributed by atoms with E-state index in [1.807, 2.05) is 36.4 Å².